The maximum Gasteiger partial charge on any atom is 0.433 e. The fourth-order valence-electron chi connectivity index (χ4n) is 5.00. The largest absolute Gasteiger partial charge is 0.466 e. The van der Waals surface area contributed by atoms with Gasteiger partial charge in [-0.05, 0) is 67.5 Å². The fraction of sp³-hybridized carbons (Fsp3) is 0.370. The number of hydrogen-bond acceptors (Lipinski definition) is 9. The van der Waals surface area contributed by atoms with Crippen molar-refractivity contribution in [1.29, 1.82) is 0 Å². The molecule has 3 heterocycles. The van der Waals surface area contributed by atoms with Crippen molar-refractivity contribution in [2.24, 2.45) is 11.8 Å². The Morgan fingerprint density at radius 2 is 2.02 bits per heavy atom. The molecule has 40 heavy (non-hydrogen) atoms. The van der Waals surface area contributed by atoms with Gasteiger partial charge in [0.25, 0.3) is 0 Å². The van der Waals surface area contributed by atoms with Crippen molar-refractivity contribution in [1.82, 2.24) is 25.1 Å². The molecule has 1 aromatic carbocycles. The monoisotopic (exact) mass is 572 g/mol. The molecule has 4 aromatic rings. The summed E-state index contributed by atoms with van der Waals surface area (Å²) in [6.07, 6.45) is 2.69. The number of alkyl halides is 3. The van der Waals surface area contributed by atoms with Gasteiger partial charge in [-0.15, -0.1) is 11.3 Å². The molecule has 5 rings (SSSR count). The molecule has 0 radical (unpaired) electrons. The molecule has 0 aliphatic heterocycles. The SMILES string of the molecule is CCOC(=O)C1CCC(O)(c2ncc(-c3cc(Nc4nccc(C(F)(F)F)n4)cc(-c4cn[nH]c4)c3)s2)CC1C. The van der Waals surface area contributed by atoms with E-state index in [0.29, 0.717) is 36.6 Å². The molecule has 9 nitrogen and oxygen atoms in total. The summed E-state index contributed by atoms with van der Waals surface area (Å²) < 4.78 is 44.7. The molecule has 1 saturated carbocycles. The number of aromatic amines is 1. The van der Waals surface area contributed by atoms with Gasteiger partial charge in [-0.1, -0.05) is 6.92 Å². The van der Waals surface area contributed by atoms with E-state index in [9.17, 15) is 23.1 Å². The molecule has 1 aliphatic carbocycles. The van der Waals surface area contributed by atoms with Crippen LogP contribution in [0.25, 0.3) is 21.6 Å². The molecule has 13 heteroatoms. The topological polar surface area (TPSA) is 126 Å². The quantitative estimate of drug-likeness (QED) is 0.232. The average molecular weight is 573 g/mol. The van der Waals surface area contributed by atoms with Crippen LogP contribution in [-0.4, -0.2) is 42.8 Å². The Labute approximate surface area is 231 Å². The molecule has 0 saturated heterocycles. The van der Waals surface area contributed by atoms with E-state index in [-0.39, 0.29) is 23.8 Å². The highest BCUT2D eigenvalue weighted by atomic mass is 32.1. The first-order chi connectivity index (χ1) is 19.1. The van der Waals surface area contributed by atoms with Gasteiger partial charge in [0.15, 0.2) is 0 Å². The number of carbonyl (C=O) groups excluding carboxylic acids is 1. The summed E-state index contributed by atoms with van der Waals surface area (Å²) in [5, 5.41) is 21.7. The van der Waals surface area contributed by atoms with Crippen molar-refractivity contribution in [3.63, 3.8) is 0 Å². The standard InChI is InChI=1S/C27H27F3N6O3S/c1-3-39-23(37)20-4-6-26(38,11-15(20)2)24-32-14-21(40-24)17-8-16(18-12-33-34-13-18)9-19(10-17)35-25-31-7-5-22(36-25)27(28,29)30/h5,7-10,12-15,20,38H,3-4,6,11H2,1-2H3,(H,33,34)(H,31,35,36). The number of aromatic nitrogens is 5. The molecule has 3 unspecified atom stereocenters. The number of hydrogen-bond donors (Lipinski definition) is 3. The smallest absolute Gasteiger partial charge is 0.433 e. The first-order valence-corrected chi connectivity index (χ1v) is 13.5. The molecular weight excluding hydrogens is 545 g/mol. The van der Waals surface area contributed by atoms with Crippen molar-refractivity contribution in [2.45, 2.75) is 44.9 Å². The Kier molecular flexibility index (Phi) is 7.60. The number of carbonyl (C=O) groups is 1. The van der Waals surface area contributed by atoms with Crippen LogP contribution in [0.2, 0.25) is 0 Å². The van der Waals surface area contributed by atoms with Gasteiger partial charge in [-0.25, -0.2) is 15.0 Å². The van der Waals surface area contributed by atoms with E-state index in [0.717, 1.165) is 33.8 Å². The van der Waals surface area contributed by atoms with Crippen molar-refractivity contribution >= 4 is 28.9 Å². The summed E-state index contributed by atoms with van der Waals surface area (Å²) in [5.41, 5.74) is 0.477. The Morgan fingerprint density at radius 3 is 2.73 bits per heavy atom. The van der Waals surface area contributed by atoms with E-state index in [4.69, 9.17) is 4.74 Å². The van der Waals surface area contributed by atoms with Gasteiger partial charge in [0.05, 0.1) is 23.6 Å². The maximum atomic E-state index is 13.2. The van der Waals surface area contributed by atoms with E-state index in [1.54, 1.807) is 37.6 Å². The first kappa shape index (κ1) is 27.7. The number of anilines is 2. The van der Waals surface area contributed by atoms with Crippen molar-refractivity contribution in [3.8, 4) is 21.6 Å². The molecule has 3 N–H and O–H groups in total. The lowest BCUT2D eigenvalue weighted by Crippen LogP contribution is -2.39. The van der Waals surface area contributed by atoms with Gasteiger partial charge in [0.1, 0.15) is 16.3 Å². The lowest BCUT2D eigenvalue weighted by Gasteiger charge is -2.37. The molecule has 0 amide bonds. The number of aliphatic hydroxyl groups is 1. The maximum absolute atomic E-state index is 13.2. The van der Waals surface area contributed by atoms with Crippen LogP contribution < -0.4 is 5.32 Å². The highest BCUT2D eigenvalue weighted by Gasteiger charge is 2.43. The Bertz CT molecular complexity index is 1490. The van der Waals surface area contributed by atoms with Gasteiger partial charge in [-0.2, -0.15) is 18.3 Å². The van der Waals surface area contributed by atoms with E-state index >= 15 is 0 Å². The van der Waals surface area contributed by atoms with Crippen LogP contribution in [0.5, 0.6) is 0 Å². The molecule has 210 valence electrons. The molecular formula is C27H27F3N6O3S. The van der Waals surface area contributed by atoms with Crippen molar-refractivity contribution in [3.05, 3.63) is 59.8 Å². The Morgan fingerprint density at radius 1 is 1.23 bits per heavy atom. The second kappa shape index (κ2) is 11.0. The number of rotatable bonds is 7. The normalized spacial score (nSPS) is 21.2. The zero-order valence-corrected chi connectivity index (χ0v) is 22.5. The zero-order valence-electron chi connectivity index (χ0n) is 21.7. The van der Waals surface area contributed by atoms with Crippen LogP contribution in [0.1, 0.15) is 43.8 Å². The van der Waals surface area contributed by atoms with E-state index in [1.807, 2.05) is 13.0 Å². The summed E-state index contributed by atoms with van der Waals surface area (Å²) in [6.45, 7) is 4.02. The second-order valence-corrected chi connectivity index (χ2v) is 10.8. The number of esters is 1. The number of halogens is 3. The number of H-pyrrole nitrogens is 1. The average Bonchev–Trinajstić information content (AvgIpc) is 3.62. The van der Waals surface area contributed by atoms with Crippen LogP contribution in [0.3, 0.4) is 0 Å². The Balaban J connectivity index is 1.44. The minimum Gasteiger partial charge on any atom is -0.466 e. The van der Waals surface area contributed by atoms with Crippen LogP contribution in [-0.2, 0) is 21.3 Å². The predicted octanol–water partition coefficient (Wildman–Crippen LogP) is 5.94. The van der Waals surface area contributed by atoms with Crippen molar-refractivity contribution in [2.75, 3.05) is 11.9 Å². The molecule has 1 fully saturated rings. The third-order valence-electron chi connectivity index (χ3n) is 6.96. The number of nitrogens with zero attached hydrogens (tertiary/aromatic N) is 4. The highest BCUT2D eigenvalue weighted by Crippen LogP contribution is 2.46. The highest BCUT2D eigenvalue weighted by molar-refractivity contribution is 7.15. The summed E-state index contributed by atoms with van der Waals surface area (Å²) in [4.78, 5) is 25.1. The van der Waals surface area contributed by atoms with E-state index in [2.05, 4.69) is 30.5 Å². The van der Waals surface area contributed by atoms with Gasteiger partial charge >= 0.3 is 12.1 Å². The molecule has 3 aromatic heterocycles. The number of thiazole rings is 1. The third-order valence-corrected chi connectivity index (χ3v) is 8.20. The lowest BCUT2D eigenvalue weighted by atomic mass is 9.72. The van der Waals surface area contributed by atoms with E-state index < -0.39 is 17.5 Å². The summed E-state index contributed by atoms with van der Waals surface area (Å²) in [5.74, 6) is -0.787. The minimum atomic E-state index is -4.60. The predicted molar refractivity (Wildman–Crippen MR) is 142 cm³/mol. The van der Waals surface area contributed by atoms with Gasteiger partial charge in [0.2, 0.25) is 5.95 Å². The lowest BCUT2D eigenvalue weighted by molar-refractivity contribution is -0.154. The molecule has 1 aliphatic rings. The fourth-order valence-corrected chi connectivity index (χ4v) is 6.03. The van der Waals surface area contributed by atoms with Gasteiger partial charge in [-0.3, -0.25) is 9.89 Å². The van der Waals surface area contributed by atoms with Crippen LogP contribution in [0.15, 0.2) is 49.1 Å². The Hall–Kier alpha value is -3.84. The summed E-state index contributed by atoms with van der Waals surface area (Å²) in [6, 6.07) is 6.23. The van der Waals surface area contributed by atoms with Crippen LogP contribution in [0, 0.1) is 11.8 Å². The number of benzene rings is 1. The zero-order chi connectivity index (χ0) is 28.5. The van der Waals surface area contributed by atoms with Gasteiger partial charge < -0.3 is 15.2 Å². The van der Waals surface area contributed by atoms with Crippen molar-refractivity contribution < 1.29 is 27.8 Å². The van der Waals surface area contributed by atoms with Crippen LogP contribution >= 0.6 is 11.3 Å². The minimum absolute atomic E-state index is 0.0853. The van der Waals surface area contributed by atoms with E-state index in [1.165, 1.54) is 11.3 Å². The number of ether oxygens (including phenoxy) is 1. The second-order valence-electron chi connectivity index (χ2n) is 9.81. The van der Waals surface area contributed by atoms with Crippen LogP contribution in [0.4, 0.5) is 24.8 Å². The summed E-state index contributed by atoms with van der Waals surface area (Å²) >= 11 is 1.33. The first-order valence-electron chi connectivity index (χ1n) is 12.7. The third kappa shape index (κ3) is 5.85. The molecule has 3 atom stereocenters. The molecule has 0 spiro atoms. The summed E-state index contributed by atoms with van der Waals surface area (Å²) in [7, 11) is 0. The number of nitrogens with one attached hydrogen (secondary N) is 2. The molecule has 0 bridgehead atoms. The van der Waals surface area contributed by atoms with Gasteiger partial charge in [0, 0.05) is 29.8 Å².